The Morgan fingerprint density at radius 2 is 1.71 bits per heavy atom. The number of piperazine rings is 1. The number of carbonyl (C=O) groups excluding carboxylic acids is 1. The fourth-order valence-electron chi connectivity index (χ4n) is 3.38. The van der Waals surface area contributed by atoms with E-state index in [0.717, 1.165) is 11.6 Å². The van der Waals surface area contributed by atoms with E-state index in [-0.39, 0.29) is 23.3 Å². The van der Waals surface area contributed by atoms with E-state index in [1.165, 1.54) is 12.1 Å². The second-order valence-electron chi connectivity index (χ2n) is 6.85. The summed E-state index contributed by atoms with van der Waals surface area (Å²) in [4.78, 5) is 37.4. The van der Waals surface area contributed by atoms with Crippen molar-refractivity contribution in [2.24, 2.45) is 0 Å². The smallest absolute Gasteiger partial charge is 0.299 e. The SMILES string of the molecule is Cc1ccc(C(=O)N2CCN(c3ccc([N+](=O)[O-])cc3[N+](=O)[O-])CC2C)cc1. The molecule has 9 nitrogen and oxygen atoms in total. The molecular formula is C19H20N4O5. The number of amides is 1. The van der Waals surface area contributed by atoms with Crippen LogP contribution >= 0.6 is 0 Å². The third-order valence-electron chi connectivity index (χ3n) is 4.89. The minimum Gasteiger partial charge on any atom is -0.362 e. The number of benzene rings is 2. The van der Waals surface area contributed by atoms with E-state index in [2.05, 4.69) is 0 Å². The average molecular weight is 384 g/mol. The van der Waals surface area contributed by atoms with E-state index < -0.39 is 9.85 Å². The molecule has 0 aromatic heterocycles. The van der Waals surface area contributed by atoms with Gasteiger partial charge in [0.25, 0.3) is 17.3 Å². The maximum Gasteiger partial charge on any atom is 0.299 e. The van der Waals surface area contributed by atoms with Crippen LogP contribution in [0.4, 0.5) is 17.1 Å². The van der Waals surface area contributed by atoms with Crippen molar-refractivity contribution in [2.45, 2.75) is 19.9 Å². The molecule has 3 rings (SSSR count). The Balaban J connectivity index is 1.80. The number of rotatable bonds is 4. The summed E-state index contributed by atoms with van der Waals surface area (Å²) in [5.41, 5.74) is 1.37. The van der Waals surface area contributed by atoms with Gasteiger partial charge in [-0.15, -0.1) is 0 Å². The molecular weight excluding hydrogens is 364 g/mol. The molecule has 28 heavy (non-hydrogen) atoms. The molecule has 2 aromatic rings. The largest absolute Gasteiger partial charge is 0.362 e. The van der Waals surface area contributed by atoms with Crippen LogP contribution in [0.2, 0.25) is 0 Å². The average Bonchev–Trinajstić information content (AvgIpc) is 2.67. The third-order valence-corrected chi connectivity index (χ3v) is 4.89. The van der Waals surface area contributed by atoms with Gasteiger partial charge in [-0.05, 0) is 32.0 Å². The summed E-state index contributed by atoms with van der Waals surface area (Å²) in [6.45, 7) is 5.04. The molecule has 0 saturated carbocycles. The Morgan fingerprint density at radius 3 is 2.29 bits per heavy atom. The van der Waals surface area contributed by atoms with Crippen LogP contribution in [-0.4, -0.2) is 46.3 Å². The van der Waals surface area contributed by atoms with E-state index in [0.29, 0.717) is 30.9 Å². The first kappa shape index (κ1) is 19.3. The van der Waals surface area contributed by atoms with Gasteiger partial charge in [0.1, 0.15) is 5.69 Å². The van der Waals surface area contributed by atoms with Crippen molar-refractivity contribution in [1.82, 2.24) is 4.90 Å². The van der Waals surface area contributed by atoms with Crippen molar-refractivity contribution in [2.75, 3.05) is 24.5 Å². The summed E-state index contributed by atoms with van der Waals surface area (Å²) in [6, 6.07) is 10.8. The van der Waals surface area contributed by atoms with Crippen LogP contribution in [-0.2, 0) is 0 Å². The quantitative estimate of drug-likeness (QED) is 0.591. The van der Waals surface area contributed by atoms with Crippen LogP contribution in [0.5, 0.6) is 0 Å². The maximum atomic E-state index is 12.8. The number of hydrogen-bond donors (Lipinski definition) is 0. The van der Waals surface area contributed by atoms with Crippen LogP contribution in [0.15, 0.2) is 42.5 Å². The number of nitro benzene ring substituents is 2. The molecule has 1 saturated heterocycles. The first-order valence-electron chi connectivity index (χ1n) is 8.83. The second-order valence-corrected chi connectivity index (χ2v) is 6.85. The molecule has 1 atom stereocenters. The Morgan fingerprint density at radius 1 is 1.04 bits per heavy atom. The van der Waals surface area contributed by atoms with Crippen molar-refractivity contribution in [3.05, 3.63) is 73.8 Å². The molecule has 1 aliphatic heterocycles. The molecule has 146 valence electrons. The molecule has 0 N–H and O–H groups in total. The zero-order chi connectivity index (χ0) is 20.4. The minimum absolute atomic E-state index is 0.0784. The highest BCUT2D eigenvalue weighted by Crippen LogP contribution is 2.33. The Bertz CT molecular complexity index is 928. The highest BCUT2D eigenvalue weighted by atomic mass is 16.6. The molecule has 0 bridgehead atoms. The lowest BCUT2D eigenvalue weighted by Crippen LogP contribution is -2.54. The molecule has 1 unspecified atom stereocenters. The monoisotopic (exact) mass is 384 g/mol. The fraction of sp³-hybridized carbons (Fsp3) is 0.316. The van der Waals surface area contributed by atoms with Gasteiger partial charge in [-0.25, -0.2) is 0 Å². The van der Waals surface area contributed by atoms with E-state index >= 15 is 0 Å². The van der Waals surface area contributed by atoms with Crippen LogP contribution in [0.1, 0.15) is 22.8 Å². The fourth-order valence-corrected chi connectivity index (χ4v) is 3.38. The molecule has 1 aliphatic rings. The molecule has 0 radical (unpaired) electrons. The van der Waals surface area contributed by atoms with Gasteiger partial charge in [-0.3, -0.25) is 25.0 Å². The minimum atomic E-state index is -0.655. The summed E-state index contributed by atoms with van der Waals surface area (Å²) in [7, 11) is 0. The zero-order valence-electron chi connectivity index (χ0n) is 15.6. The highest BCUT2D eigenvalue weighted by molar-refractivity contribution is 5.94. The van der Waals surface area contributed by atoms with Crippen molar-refractivity contribution < 1.29 is 14.6 Å². The zero-order valence-corrected chi connectivity index (χ0v) is 15.6. The summed E-state index contributed by atoms with van der Waals surface area (Å²) < 4.78 is 0. The van der Waals surface area contributed by atoms with Gasteiger partial charge in [0, 0.05) is 37.3 Å². The molecule has 0 aliphatic carbocycles. The van der Waals surface area contributed by atoms with Gasteiger partial charge < -0.3 is 9.80 Å². The lowest BCUT2D eigenvalue weighted by Gasteiger charge is -2.40. The van der Waals surface area contributed by atoms with Crippen LogP contribution in [0.25, 0.3) is 0 Å². The summed E-state index contributed by atoms with van der Waals surface area (Å²) in [5, 5.41) is 22.3. The van der Waals surface area contributed by atoms with Gasteiger partial charge in [-0.1, -0.05) is 17.7 Å². The number of aryl methyl sites for hydroxylation is 1. The molecule has 2 aromatic carbocycles. The molecule has 1 fully saturated rings. The van der Waals surface area contributed by atoms with Gasteiger partial charge in [0.05, 0.1) is 15.9 Å². The van der Waals surface area contributed by atoms with Crippen molar-refractivity contribution in [3.63, 3.8) is 0 Å². The Hall–Kier alpha value is -3.49. The predicted molar refractivity (Wildman–Crippen MR) is 104 cm³/mol. The summed E-state index contributed by atoms with van der Waals surface area (Å²) in [5.74, 6) is -0.0784. The number of carbonyl (C=O) groups is 1. The molecule has 1 amide bonds. The van der Waals surface area contributed by atoms with E-state index in [1.807, 2.05) is 26.0 Å². The first-order chi connectivity index (χ1) is 13.3. The molecule has 1 heterocycles. The van der Waals surface area contributed by atoms with Crippen LogP contribution in [0, 0.1) is 27.2 Å². The summed E-state index contributed by atoms with van der Waals surface area (Å²) >= 11 is 0. The van der Waals surface area contributed by atoms with Crippen molar-refractivity contribution in [3.8, 4) is 0 Å². The van der Waals surface area contributed by atoms with Crippen LogP contribution in [0.3, 0.4) is 0 Å². The van der Waals surface area contributed by atoms with Gasteiger partial charge in [0.2, 0.25) is 0 Å². The number of non-ortho nitro benzene ring substituents is 1. The standard InChI is InChI=1S/C19H20N4O5/c1-13-3-5-15(6-4-13)19(24)21-10-9-20(12-14(21)2)17-8-7-16(22(25)26)11-18(17)23(27)28/h3-8,11,14H,9-10,12H2,1-2H3. The maximum absolute atomic E-state index is 12.8. The van der Waals surface area contributed by atoms with Gasteiger partial charge in [0.15, 0.2) is 0 Å². The number of nitro groups is 2. The lowest BCUT2D eigenvalue weighted by atomic mass is 10.1. The van der Waals surface area contributed by atoms with E-state index in [4.69, 9.17) is 0 Å². The Kier molecular flexibility index (Phi) is 5.25. The third kappa shape index (κ3) is 3.78. The normalized spacial score (nSPS) is 16.7. The van der Waals surface area contributed by atoms with Gasteiger partial charge in [-0.2, -0.15) is 0 Å². The van der Waals surface area contributed by atoms with Crippen molar-refractivity contribution in [1.29, 1.82) is 0 Å². The molecule has 0 spiro atoms. The lowest BCUT2D eigenvalue weighted by molar-refractivity contribution is -0.393. The number of hydrogen-bond acceptors (Lipinski definition) is 6. The Labute approximate surface area is 161 Å². The van der Waals surface area contributed by atoms with E-state index in [9.17, 15) is 25.0 Å². The highest BCUT2D eigenvalue weighted by Gasteiger charge is 2.31. The van der Waals surface area contributed by atoms with Gasteiger partial charge >= 0.3 is 0 Å². The molecule has 9 heteroatoms. The number of anilines is 1. The topological polar surface area (TPSA) is 110 Å². The van der Waals surface area contributed by atoms with E-state index in [1.54, 1.807) is 21.9 Å². The summed E-state index contributed by atoms with van der Waals surface area (Å²) in [6.07, 6.45) is 0. The van der Waals surface area contributed by atoms with Crippen LogP contribution < -0.4 is 4.90 Å². The predicted octanol–water partition coefficient (Wildman–Crippen LogP) is 3.16. The second kappa shape index (κ2) is 7.63. The first-order valence-corrected chi connectivity index (χ1v) is 8.83. The number of nitrogens with zero attached hydrogens (tertiary/aromatic N) is 4. The van der Waals surface area contributed by atoms with Crippen molar-refractivity contribution >= 4 is 23.0 Å².